The molecule has 0 unspecified atom stereocenters. The van der Waals surface area contributed by atoms with Crippen LogP contribution in [0.25, 0.3) is 0 Å². The van der Waals surface area contributed by atoms with Crippen LogP contribution in [0.2, 0.25) is 0 Å². The summed E-state index contributed by atoms with van der Waals surface area (Å²) in [6, 6.07) is 6.13. The number of amides is 1. The first-order valence-electron chi connectivity index (χ1n) is 8.19. The van der Waals surface area contributed by atoms with Gasteiger partial charge < -0.3 is 9.42 Å². The van der Waals surface area contributed by atoms with Crippen LogP contribution in [0.3, 0.4) is 0 Å². The molecule has 0 radical (unpaired) electrons. The van der Waals surface area contributed by atoms with Gasteiger partial charge in [-0.1, -0.05) is 25.1 Å². The third kappa shape index (κ3) is 2.33. The minimum absolute atomic E-state index is 0.0200. The first-order chi connectivity index (χ1) is 10.9. The maximum Gasteiger partial charge on any atom is 0.234 e. The highest BCUT2D eigenvalue weighted by molar-refractivity contribution is 7.10. The largest absolute Gasteiger partial charge is 0.361 e. The molecule has 2 aromatic rings. The maximum absolute atomic E-state index is 13.2. The molecular formula is C18H22N2O2S. The molecule has 0 spiro atoms. The third-order valence-corrected chi connectivity index (χ3v) is 6.38. The fourth-order valence-electron chi connectivity index (χ4n) is 3.63. The Labute approximate surface area is 140 Å². The van der Waals surface area contributed by atoms with Crippen LogP contribution < -0.4 is 0 Å². The van der Waals surface area contributed by atoms with Crippen LogP contribution in [0, 0.1) is 5.41 Å². The van der Waals surface area contributed by atoms with Crippen molar-refractivity contribution in [2.45, 2.75) is 51.0 Å². The van der Waals surface area contributed by atoms with Crippen molar-refractivity contribution in [1.29, 1.82) is 0 Å². The van der Waals surface area contributed by atoms with Gasteiger partial charge in [-0.2, -0.15) is 0 Å². The lowest BCUT2D eigenvalue weighted by Gasteiger charge is -2.25. The van der Waals surface area contributed by atoms with Crippen molar-refractivity contribution in [2.75, 3.05) is 7.05 Å². The summed E-state index contributed by atoms with van der Waals surface area (Å²) in [6.07, 6.45) is 3.30. The molecular weight excluding hydrogens is 308 g/mol. The molecule has 0 aromatic carbocycles. The molecule has 4 nitrogen and oxygen atoms in total. The van der Waals surface area contributed by atoms with Gasteiger partial charge in [-0.3, -0.25) is 4.79 Å². The Morgan fingerprint density at radius 2 is 2.22 bits per heavy atom. The van der Waals surface area contributed by atoms with Crippen LogP contribution in [0.15, 0.2) is 28.1 Å². The number of likely N-dealkylation sites (N-methyl/N-ethyl adjacent to an activating group) is 1. The zero-order valence-corrected chi connectivity index (χ0v) is 14.7. The Kier molecular flexibility index (Phi) is 3.21. The van der Waals surface area contributed by atoms with E-state index in [1.807, 2.05) is 24.1 Å². The SMILES string of the molecule is CN(Cc1cc(C2CC2)on1)C(=O)[C@]1(c2cccs2)CC1(C)C. The van der Waals surface area contributed by atoms with Gasteiger partial charge in [0.05, 0.1) is 12.0 Å². The van der Waals surface area contributed by atoms with Gasteiger partial charge in [0, 0.05) is 23.9 Å². The minimum Gasteiger partial charge on any atom is -0.361 e. The number of aromatic nitrogens is 1. The average molecular weight is 330 g/mol. The van der Waals surface area contributed by atoms with Gasteiger partial charge in [-0.05, 0) is 36.1 Å². The Hall–Kier alpha value is -1.62. The highest BCUT2D eigenvalue weighted by atomic mass is 32.1. The lowest BCUT2D eigenvalue weighted by Crippen LogP contribution is -2.38. The van der Waals surface area contributed by atoms with Crippen molar-refractivity contribution in [3.63, 3.8) is 0 Å². The summed E-state index contributed by atoms with van der Waals surface area (Å²) < 4.78 is 5.40. The Balaban J connectivity index is 1.53. The van der Waals surface area contributed by atoms with Gasteiger partial charge in [0.1, 0.15) is 11.5 Å². The fourth-order valence-corrected chi connectivity index (χ4v) is 4.73. The topological polar surface area (TPSA) is 46.3 Å². The molecule has 4 rings (SSSR count). The van der Waals surface area contributed by atoms with Gasteiger partial charge >= 0.3 is 0 Å². The molecule has 0 saturated heterocycles. The van der Waals surface area contributed by atoms with E-state index in [0.29, 0.717) is 12.5 Å². The van der Waals surface area contributed by atoms with Crippen LogP contribution in [-0.2, 0) is 16.8 Å². The summed E-state index contributed by atoms with van der Waals surface area (Å²) in [5.41, 5.74) is 0.507. The zero-order valence-electron chi connectivity index (χ0n) is 13.8. The van der Waals surface area contributed by atoms with E-state index in [1.165, 1.54) is 17.7 Å². The number of hydrogen-bond acceptors (Lipinski definition) is 4. The molecule has 2 aliphatic carbocycles. The summed E-state index contributed by atoms with van der Waals surface area (Å²) in [5, 5.41) is 6.19. The quantitative estimate of drug-likeness (QED) is 0.834. The van der Waals surface area contributed by atoms with Gasteiger partial charge in [0.15, 0.2) is 0 Å². The number of nitrogens with zero attached hydrogens (tertiary/aromatic N) is 2. The standard InChI is InChI=1S/C18H22N2O2S/c1-17(2)11-18(17,15-5-4-8-23-15)16(21)20(3)10-13-9-14(22-19-13)12-6-7-12/h4-5,8-9,12H,6-7,10-11H2,1-3H3/t18-/m1/s1. The van der Waals surface area contributed by atoms with E-state index in [0.717, 1.165) is 17.9 Å². The number of thiophene rings is 1. The van der Waals surface area contributed by atoms with Crippen molar-refractivity contribution >= 4 is 17.2 Å². The van der Waals surface area contributed by atoms with Gasteiger partial charge in [0.2, 0.25) is 5.91 Å². The smallest absolute Gasteiger partial charge is 0.234 e. The minimum atomic E-state index is -0.362. The predicted molar refractivity (Wildman–Crippen MR) is 89.3 cm³/mol. The number of rotatable bonds is 5. The zero-order chi connectivity index (χ0) is 16.2. The molecule has 1 amide bonds. The number of carbonyl (C=O) groups is 1. The molecule has 2 aliphatic rings. The fraction of sp³-hybridized carbons (Fsp3) is 0.556. The number of carbonyl (C=O) groups excluding carboxylic acids is 1. The van der Waals surface area contributed by atoms with E-state index >= 15 is 0 Å². The van der Waals surface area contributed by atoms with Crippen LogP contribution in [0.4, 0.5) is 0 Å². The molecule has 2 fully saturated rings. The Bertz CT molecular complexity index is 730. The summed E-state index contributed by atoms with van der Waals surface area (Å²) in [5.74, 6) is 1.72. The molecule has 1 atom stereocenters. The second-order valence-corrected chi connectivity index (χ2v) is 8.55. The second-order valence-electron chi connectivity index (χ2n) is 7.60. The normalized spacial score (nSPS) is 25.3. The average Bonchev–Trinajstić information content (AvgIpc) is 3.27. The van der Waals surface area contributed by atoms with Gasteiger partial charge in [-0.15, -0.1) is 11.3 Å². The first-order valence-corrected chi connectivity index (χ1v) is 9.07. The summed E-state index contributed by atoms with van der Waals surface area (Å²) in [4.78, 5) is 16.2. The van der Waals surface area contributed by atoms with Crippen molar-refractivity contribution < 1.29 is 9.32 Å². The van der Waals surface area contributed by atoms with E-state index in [9.17, 15) is 4.79 Å². The molecule has 5 heteroatoms. The Morgan fingerprint density at radius 1 is 1.48 bits per heavy atom. The van der Waals surface area contributed by atoms with Crippen LogP contribution in [0.1, 0.15) is 55.4 Å². The molecule has 23 heavy (non-hydrogen) atoms. The van der Waals surface area contributed by atoms with Crippen LogP contribution in [0.5, 0.6) is 0 Å². The summed E-state index contributed by atoms with van der Waals surface area (Å²) in [6.45, 7) is 4.87. The predicted octanol–water partition coefficient (Wildman–Crippen LogP) is 3.94. The van der Waals surface area contributed by atoms with Gasteiger partial charge in [-0.25, -0.2) is 0 Å². The Morgan fingerprint density at radius 3 is 2.78 bits per heavy atom. The summed E-state index contributed by atoms with van der Waals surface area (Å²) in [7, 11) is 1.87. The molecule has 0 aliphatic heterocycles. The molecule has 2 aromatic heterocycles. The van der Waals surface area contributed by atoms with Crippen LogP contribution in [-0.4, -0.2) is 23.0 Å². The lowest BCUT2D eigenvalue weighted by molar-refractivity contribution is -0.134. The molecule has 2 heterocycles. The number of hydrogen-bond donors (Lipinski definition) is 0. The molecule has 2 saturated carbocycles. The third-order valence-electron chi connectivity index (χ3n) is 5.35. The van der Waals surface area contributed by atoms with Gasteiger partial charge in [0.25, 0.3) is 0 Å². The van der Waals surface area contributed by atoms with E-state index in [1.54, 1.807) is 11.3 Å². The highest BCUT2D eigenvalue weighted by Gasteiger charge is 2.68. The van der Waals surface area contributed by atoms with E-state index in [-0.39, 0.29) is 16.7 Å². The second kappa shape index (κ2) is 4.94. The monoisotopic (exact) mass is 330 g/mol. The van der Waals surface area contributed by atoms with E-state index in [4.69, 9.17) is 4.52 Å². The maximum atomic E-state index is 13.2. The van der Waals surface area contributed by atoms with Crippen LogP contribution >= 0.6 is 11.3 Å². The first kappa shape index (κ1) is 14.9. The van der Waals surface area contributed by atoms with Crippen molar-refractivity contribution in [3.05, 3.63) is 39.9 Å². The summed E-state index contributed by atoms with van der Waals surface area (Å²) >= 11 is 1.68. The molecule has 0 N–H and O–H groups in total. The van der Waals surface area contributed by atoms with Crippen molar-refractivity contribution in [2.24, 2.45) is 5.41 Å². The lowest BCUT2D eigenvalue weighted by atomic mass is 9.92. The van der Waals surface area contributed by atoms with Crippen molar-refractivity contribution in [3.8, 4) is 0 Å². The molecule has 122 valence electrons. The highest BCUT2D eigenvalue weighted by Crippen LogP contribution is 2.66. The van der Waals surface area contributed by atoms with Crippen molar-refractivity contribution in [1.82, 2.24) is 10.1 Å². The van der Waals surface area contributed by atoms with E-state index < -0.39 is 0 Å². The molecule has 0 bridgehead atoms. The van der Waals surface area contributed by atoms with E-state index in [2.05, 4.69) is 30.5 Å².